The van der Waals surface area contributed by atoms with Gasteiger partial charge in [0, 0.05) is 12.1 Å². The molecule has 1 atom stereocenters. The molecule has 0 bridgehead atoms. The lowest BCUT2D eigenvalue weighted by Gasteiger charge is -2.42. The van der Waals surface area contributed by atoms with E-state index in [1.165, 1.54) is 31.2 Å². The monoisotopic (exact) mass is 261 g/mol. The van der Waals surface area contributed by atoms with E-state index in [0.29, 0.717) is 5.54 Å². The Morgan fingerprint density at radius 2 is 2.00 bits per heavy atom. The maximum atomic E-state index is 10.9. The van der Waals surface area contributed by atoms with Crippen molar-refractivity contribution in [2.45, 2.75) is 57.5 Å². The van der Waals surface area contributed by atoms with Crippen molar-refractivity contribution >= 4 is 5.97 Å². The Hall–Kier alpha value is -1.35. The van der Waals surface area contributed by atoms with Gasteiger partial charge in [-0.05, 0) is 43.7 Å². The summed E-state index contributed by atoms with van der Waals surface area (Å²) in [5, 5.41) is 12.6. The Bertz CT molecular complexity index is 429. The first-order valence-corrected chi connectivity index (χ1v) is 7.13. The van der Waals surface area contributed by atoms with E-state index in [4.69, 9.17) is 5.11 Å². The standard InChI is InChI=1S/C16H23NO2/c1-3-16(9-4-10-16)17-11-13-5-7-14(8-6-13)12(2)15(18)19/h5-8,12,17H,3-4,9-11H2,1-2H3,(H,18,19). The Kier molecular flexibility index (Phi) is 4.25. The van der Waals surface area contributed by atoms with Crippen molar-refractivity contribution in [1.82, 2.24) is 5.32 Å². The fourth-order valence-electron chi connectivity index (χ4n) is 2.62. The molecule has 1 aliphatic rings. The molecule has 1 saturated carbocycles. The highest BCUT2D eigenvalue weighted by Crippen LogP contribution is 2.34. The first-order valence-electron chi connectivity index (χ1n) is 7.13. The number of carboxylic acid groups (broad SMARTS) is 1. The molecule has 2 N–H and O–H groups in total. The molecule has 0 heterocycles. The van der Waals surface area contributed by atoms with Crippen molar-refractivity contribution in [3.8, 4) is 0 Å². The second-order valence-corrected chi connectivity index (χ2v) is 5.64. The number of carbonyl (C=O) groups is 1. The zero-order chi connectivity index (χ0) is 13.9. The van der Waals surface area contributed by atoms with E-state index in [9.17, 15) is 4.79 Å². The molecule has 19 heavy (non-hydrogen) atoms. The third kappa shape index (κ3) is 3.16. The highest BCUT2D eigenvalue weighted by molar-refractivity contribution is 5.75. The van der Waals surface area contributed by atoms with Crippen LogP contribution in [0.25, 0.3) is 0 Å². The summed E-state index contributed by atoms with van der Waals surface area (Å²) in [7, 11) is 0. The maximum Gasteiger partial charge on any atom is 0.310 e. The third-order valence-corrected chi connectivity index (χ3v) is 4.51. The molecule has 1 aliphatic carbocycles. The van der Waals surface area contributed by atoms with Crippen LogP contribution in [0.1, 0.15) is 56.6 Å². The van der Waals surface area contributed by atoms with Crippen molar-refractivity contribution < 1.29 is 9.90 Å². The topological polar surface area (TPSA) is 49.3 Å². The predicted molar refractivity (Wildman–Crippen MR) is 76.2 cm³/mol. The second-order valence-electron chi connectivity index (χ2n) is 5.64. The van der Waals surface area contributed by atoms with Crippen LogP contribution in [0.2, 0.25) is 0 Å². The van der Waals surface area contributed by atoms with Gasteiger partial charge in [0.15, 0.2) is 0 Å². The molecule has 2 rings (SSSR count). The van der Waals surface area contributed by atoms with Crippen molar-refractivity contribution in [3.05, 3.63) is 35.4 Å². The summed E-state index contributed by atoms with van der Waals surface area (Å²) in [5.74, 6) is -1.21. The fourth-order valence-corrected chi connectivity index (χ4v) is 2.62. The van der Waals surface area contributed by atoms with Crippen LogP contribution >= 0.6 is 0 Å². The average Bonchev–Trinajstić information content (AvgIpc) is 2.38. The van der Waals surface area contributed by atoms with Crippen molar-refractivity contribution in [3.63, 3.8) is 0 Å². The molecule has 0 radical (unpaired) electrons. The smallest absolute Gasteiger partial charge is 0.310 e. The van der Waals surface area contributed by atoms with Gasteiger partial charge in [-0.3, -0.25) is 4.79 Å². The minimum atomic E-state index is -0.773. The minimum Gasteiger partial charge on any atom is -0.481 e. The number of carboxylic acids is 1. The van der Waals surface area contributed by atoms with Gasteiger partial charge < -0.3 is 10.4 Å². The van der Waals surface area contributed by atoms with Crippen molar-refractivity contribution in [2.75, 3.05) is 0 Å². The maximum absolute atomic E-state index is 10.9. The predicted octanol–water partition coefficient (Wildman–Crippen LogP) is 3.30. The average molecular weight is 261 g/mol. The zero-order valence-electron chi connectivity index (χ0n) is 11.8. The van der Waals surface area contributed by atoms with Crippen LogP contribution in [0, 0.1) is 0 Å². The first-order chi connectivity index (χ1) is 9.06. The minimum absolute atomic E-state index is 0.354. The van der Waals surface area contributed by atoms with Crippen LogP contribution in [0.3, 0.4) is 0 Å². The molecule has 3 heteroatoms. The Balaban J connectivity index is 1.93. The molecule has 1 aromatic carbocycles. The van der Waals surface area contributed by atoms with Gasteiger partial charge in [0.25, 0.3) is 0 Å². The van der Waals surface area contributed by atoms with Gasteiger partial charge >= 0.3 is 5.97 Å². The summed E-state index contributed by atoms with van der Waals surface area (Å²) in [6.45, 7) is 4.83. The van der Waals surface area contributed by atoms with E-state index in [1.54, 1.807) is 6.92 Å². The molecular formula is C16H23NO2. The largest absolute Gasteiger partial charge is 0.481 e. The highest BCUT2D eigenvalue weighted by Gasteiger charge is 2.34. The molecule has 1 unspecified atom stereocenters. The molecule has 0 amide bonds. The Morgan fingerprint density at radius 1 is 1.37 bits per heavy atom. The molecule has 1 aromatic rings. The van der Waals surface area contributed by atoms with E-state index in [2.05, 4.69) is 12.2 Å². The van der Waals surface area contributed by atoms with Gasteiger partial charge in [0.2, 0.25) is 0 Å². The Morgan fingerprint density at radius 3 is 2.42 bits per heavy atom. The summed E-state index contributed by atoms with van der Waals surface area (Å²) < 4.78 is 0. The molecule has 0 aromatic heterocycles. The lowest BCUT2D eigenvalue weighted by Crippen LogP contribution is -2.49. The van der Waals surface area contributed by atoms with Crippen LogP contribution in [0.15, 0.2) is 24.3 Å². The molecule has 104 valence electrons. The summed E-state index contributed by atoms with van der Waals surface area (Å²) in [6, 6.07) is 7.91. The zero-order valence-corrected chi connectivity index (χ0v) is 11.8. The van der Waals surface area contributed by atoms with Gasteiger partial charge in [0.1, 0.15) is 0 Å². The normalized spacial score (nSPS) is 18.6. The van der Waals surface area contributed by atoms with E-state index in [1.807, 2.05) is 24.3 Å². The molecule has 3 nitrogen and oxygen atoms in total. The third-order valence-electron chi connectivity index (χ3n) is 4.51. The Labute approximate surface area is 115 Å². The van der Waals surface area contributed by atoms with Crippen LogP contribution in [-0.4, -0.2) is 16.6 Å². The van der Waals surface area contributed by atoms with Crippen LogP contribution in [0.4, 0.5) is 0 Å². The van der Waals surface area contributed by atoms with Crippen molar-refractivity contribution in [1.29, 1.82) is 0 Å². The van der Waals surface area contributed by atoms with E-state index < -0.39 is 11.9 Å². The SMILES string of the molecule is CCC1(NCc2ccc(C(C)C(=O)O)cc2)CCC1. The van der Waals surface area contributed by atoms with Crippen LogP contribution in [-0.2, 0) is 11.3 Å². The quantitative estimate of drug-likeness (QED) is 0.826. The summed E-state index contributed by atoms with van der Waals surface area (Å²) >= 11 is 0. The van der Waals surface area contributed by atoms with Crippen molar-refractivity contribution in [2.24, 2.45) is 0 Å². The van der Waals surface area contributed by atoms with E-state index in [0.717, 1.165) is 12.1 Å². The second kappa shape index (κ2) is 5.74. The highest BCUT2D eigenvalue weighted by atomic mass is 16.4. The molecule has 1 fully saturated rings. The number of benzene rings is 1. The summed E-state index contributed by atoms with van der Waals surface area (Å²) in [6.07, 6.45) is 5.06. The van der Waals surface area contributed by atoms with Gasteiger partial charge in [-0.25, -0.2) is 0 Å². The number of hydrogen-bond acceptors (Lipinski definition) is 2. The van der Waals surface area contributed by atoms with Crippen LogP contribution < -0.4 is 5.32 Å². The number of rotatable bonds is 6. The van der Waals surface area contributed by atoms with Crippen LogP contribution in [0.5, 0.6) is 0 Å². The molecule has 0 spiro atoms. The van der Waals surface area contributed by atoms with Gasteiger partial charge in [0.05, 0.1) is 5.92 Å². The summed E-state index contributed by atoms with van der Waals surface area (Å²) in [5.41, 5.74) is 2.44. The lowest BCUT2D eigenvalue weighted by molar-refractivity contribution is -0.138. The fraction of sp³-hybridized carbons (Fsp3) is 0.562. The molecular weight excluding hydrogens is 238 g/mol. The van der Waals surface area contributed by atoms with Gasteiger partial charge in [-0.15, -0.1) is 0 Å². The van der Waals surface area contributed by atoms with E-state index in [-0.39, 0.29) is 0 Å². The molecule has 0 saturated heterocycles. The van der Waals surface area contributed by atoms with Gasteiger partial charge in [-0.2, -0.15) is 0 Å². The number of hydrogen-bond donors (Lipinski definition) is 2. The first kappa shape index (κ1) is 14.1. The lowest BCUT2D eigenvalue weighted by atomic mass is 9.75. The molecule has 0 aliphatic heterocycles. The van der Waals surface area contributed by atoms with E-state index >= 15 is 0 Å². The number of nitrogens with one attached hydrogen (secondary N) is 1. The van der Waals surface area contributed by atoms with Gasteiger partial charge in [-0.1, -0.05) is 31.2 Å². The summed E-state index contributed by atoms with van der Waals surface area (Å²) in [4.78, 5) is 10.9. The number of aliphatic carboxylic acids is 1.